The van der Waals surface area contributed by atoms with E-state index in [4.69, 9.17) is 42.8 Å². The first-order valence-corrected chi connectivity index (χ1v) is 37.6. The molecule has 5 aromatic heterocycles. The molecule has 0 unspecified atom stereocenters. The van der Waals surface area contributed by atoms with E-state index in [1.807, 2.05) is 10.8 Å². The van der Waals surface area contributed by atoms with Crippen LogP contribution in [0.4, 0.5) is 25.7 Å². The highest BCUT2D eigenvalue weighted by Crippen LogP contribution is 2.26. The molecule has 8 heterocycles. The Morgan fingerprint density at radius 2 is 0.952 bits per heavy atom. The summed E-state index contributed by atoms with van der Waals surface area (Å²) < 4.78 is 4.81. The molecule has 32 heteroatoms. The molecule has 448 valence electrons. The average Bonchev–Trinajstić information content (AvgIpc) is 4.45. The van der Waals surface area contributed by atoms with Crippen LogP contribution in [0.2, 0.25) is 0 Å². The molecule has 0 aromatic carbocycles. The smallest absolute Gasteiger partial charge is 0.209 e. The Balaban J connectivity index is 0.000000224. The van der Waals surface area contributed by atoms with Crippen LogP contribution in [0.15, 0.2) is 46.9 Å². The van der Waals surface area contributed by atoms with E-state index in [-0.39, 0.29) is 5.84 Å². The summed E-state index contributed by atoms with van der Waals surface area (Å²) in [7, 11) is 1.54. The van der Waals surface area contributed by atoms with Gasteiger partial charge in [-0.05, 0) is 19.3 Å². The Labute approximate surface area is 540 Å². The molecule has 0 fully saturated rings. The molecule has 0 saturated heterocycles. The van der Waals surface area contributed by atoms with E-state index >= 15 is 0 Å². The number of aromatic nitrogens is 5. The largest absolute Gasteiger partial charge is 0.484 e. The fraction of sp³-hybridized carbons (Fsp3) is 0.529. The predicted molar refractivity (Wildman–Crippen MR) is 373 cm³/mol. The monoisotopic (exact) mass is 1350 g/mol. The fourth-order valence-electron chi connectivity index (χ4n) is 6.33. The lowest BCUT2D eigenvalue weighted by Gasteiger charge is -2.01. The number of anilines is 4. The Morgan fingerprint density at radius 3 is 1.30 bits per heavy atom. The van der Waals surface area contributed by atoms with Gasteiger partial charge in [0.25, 0.3) is 0 Å². The van der Waals surface area contributed by atoms with Crippen LogP contribution in [-0.2, 0) is 33.5 Å². The lowest BCUT2D eigenvalue weighted by atomic mass is 10.3. The standard InChI is InChI=1S/C12H18N4OS2.C11H17N5S2.C11H14N4S2.C10H13N3S4.C7H9N3S2/c1-17-10(13)4-6-18-7-9-8-19-12(15-9)16-11-3-2-5-14-11;12-9(13)3-5-17-6-8-7-18-11(15-8)16-10-2-1-4-14-10;12-4-2-6-16-7-9-8-17-11(14-9)15-10-3-1-5-13-10;11-2-1-3-16-6-9-7-17-10(13-9)12-8(4-14)5-15;8-2-1-3-11-4-6-5-12-7(9)10-6/h8,13H,2-7H2,1H3,(H,14,15,16);7H,1-6H2,(H3,12,13)(H,14,15,16);8H,1-3,5-7H2,(H,13,14,15);7,14-15H,1,3-6H2;5H,1,3-4H2,(H2,9,10). The molecular formula is C51H71N19OS12. The van der Waals surface area contributed by atoms with Gasteiger partial charge < -0.3 is 32.2 Å². The maximum absolute atomic E-state index is 8.43. The number of hydrogen-bond acceptors (Lipinski definition) is 31. The van der Waals surface area contributed by atoms with Gasteiger partial charge in [0.05, 0.1) is 59.6 Å². The van der Waals surface area contributed by atoms with Crippen LogP contribution in [0.3, 0.4) is 0 Å². The summed E-state index contributed by atoms with van der Waals surface area (Å²) in [5.74, 6) is 13.7. The van der Waals surface area contributed by atoms with Crippen molar-refractivity contribution < 1.29 is 4.74 Å². The van der Waals surface area contributed by atoms with Gasteiger partial charge in [0.1, 0.15) is 17.5 Å². The second-order valence-corrected chi connectivity index (χ2v) is 27.5. The summed E-state index contributed by atoms with van der Waals surface area (Å²) in [6.07, 6.45) is 9.64. The first-order chi connectivity index (χ1) is 40.5. The van der Waals surface area contributed by atoms with Crippen molar-refractivity contribution in [2.75, 3.05) is 88.7 Å². The second-order valence-electron chi connectivity index (χ2n) is 17.0. The van der Waals surface area contributed by atoms with Crippen molar-refractivity contribution in [3.8, 4) is 18.2 Å². The van der Waals surface area contributed by atoms with Crippen molar-refractivity contribution in [3.63, 3.8) is 0 Å². The molecule has 20 nitrogen and oxygen atoms in total. The number of nitrogen functional groups attached to an aromatic ring is 1. The number of aliphatic imine (C=N–C) groups is 4. The van der Waals surface area contributed by atoms with Gasteiger partial charge in [-0.3, -0.25) is 25.8 Å². The van der Waals surface area contributed by atoms with E-state index in [2.05, 4.69) is 120 Å². The lowest BCUT2D eigenvalue weighted by Crippen LogP contribution is -2.10. The number of thiol groups is 2. The van der Waals surface area contributed by atoms with Crippen LogP contribution in [0.1, 0.15) is 99.1 Å². The SMILES string of the molecule is COC(=N)CCSCc1csc(NC2=NCCC2)n1.N#CCCSCc1csc(N)n1.N#CCCSCc1csc(N=C(CS)CS)n1.N#CCCSCc1csc(NC2=NCCC2)n1.N=C(N)CCSCc1csc(NC2=NCCC2)n1. The van der Waals surface area contributed by atoms with Crippen molar-refractivity contribution >= 4 is 201 Å². The van der Waals surface area contributed by atoms with E-state index in [0.717, 1.165) is 188 Å². The summed E-state index contributed by atoms with van der Waals surface area (Å²) in [6, 6.07) is 6.36. The van der Waals surface area contributed by atoms with Gasteiger partial charge in [-0.1, -0.05) is 0 Å². The molecule has 9 N–H and O–H groups in total. The molecule has 0 bridgehead atoms. The number of nitrogens with one attached hydrogen (secondary N) is 5. The van der Waals surface area contributed by atoms with Gasteiger partial charge in [-0.15, -0.1) is 56.7 Å². The molecule has 3 aliphatic rings. The zero-order chi connectivity index (χ0) is 59.5. The van der Waals surface area contributed by atoms with Crippen molar-refractivity contribution in [1.29, 1.82) is 26.6 Å². The predicted octanol–water partition coefficient (Wildman–Crippen LogP) is 13.3. The highest BCUT2D eigenvalue weighted by atomic mass is 32.2. The average molecular weight is 1350 g/mol. The number of ether oxygens (including phenoxy) is 1. The Bertz CT molecular complexity index is 2900. The van der Waals surface area contributed by atoms with Crippen molar-refractivity contribution in [2.45, 2.75) is 99.4 Å². The summed E-state index contributed by atoms with van der Waals surface area (Å²) in [5.41, 5.74) is 17.0. The minimum Gasteiger partial charge on any atom is -0.484 e. The minimum absolute atomic E-state index is 0.252. The van der Waals surface area contributed by atoms with Gasteiger partial charge in [0.15, 0.2) is 26.4 Å². The topological polar surface area (TPSA) is 330 Å². The summed E-state index contributed by atoms with van der Waals surface area (Å²) in [6.45, 7) is 2.80. The molecule has 0 spiro atoms. The van der Waals surface area contributed by atoms with Gasteiger partial charge in [-0.2, -0.15) is 99.9 Å². The Hall–Kier alpha value is -4.11. The normalized spacial score (nSPS) is 12.8. The third kappa shape index (κ3) is 33.4. The van der Waals surface area contributed by atoms with Gasteiger partial charge in [0.2, 0.25) is 5.13 Å². The Kier molecular flexibility index (Phi) is 38.9. The van der Waals surface area contributed by atoms with Crippen molar-refractivity contribution in [2.24, 2.45) is 25.7 Å². The number of thioether (sulfide) groups is 5. The first-order valence-electron chi connectivity index (χ1n) is 26.1. The van der Waals surface area contributed by atoms with Gasteiger partial charge in [-0.25, -0.2) is 29.9 Å². The van der Waals surface area contributed by atoms with Gasteiger partial charge >= 0.3 is 0 Å². The molecular weight excluding hydrogens is 1280 g/mol. The fourth-order valence-corrected chi connectivity index (χ4v) is 14.8. The highest BCUT2D eigenvalue weighted by molar-refractivity contribution is 7.99. The van der Waals surface area contributed by atoms with E-state index in [9.17, 15) is 0 Å². The van der Waals surface area contributed by atoms with E-state index in [1.54, 1.807) is 92.8 Å². The quantitative estimate of drug-likeness (QED) is 0.00972. The van der Waals surface area contributed by atoms with E-state index < -0.39 is 0 Å². The van der Waals surface area contributed by atoms with Crippen LogP contribution < -0.4 is 27.4 Å². The number of rotatable bonds is 28. The maximum Gasteiger partial charge on any atom is 0.209 e. The molecule has 0 saturated carbocycles. The summed E-state index contributed by atoms with van der Waals surface area (Å²) >= 11 is 24.9. The number of nitrogens with zero attached hydrogens (tertiary/aromatic N) is 12. The highest BCUT2D eigenvalue weighted by Gasteiger charge is 2.12. The van der Waals surface area contributed by atoms with E-state index in [0.29, 0.717) is 54.6 Å². The molecule has 0 radical (unpaired) electrons. The van der Waals surface area contributed by atoms with Crippen molar-refractivity contribution in [1.82, 2.24) is 24.9 Å². The summed E-state index contributed by atoms with van der Waals surface area (Å²) in [5, 5.41) is 63.8. The number of amidine groups is 4. The lowest BCUT2D eigenvalue weighted by molar-refractivity contribution is 0.389. The molecule has 8 rings (SSSR count). The zero-order valence-corrected chi connectivity index (χ0v) is 56.1. The zero-order valence-electron chi connectivity index (χ0n) is 46.2. The van der Waals surface area contributed by atoms with Crippen LogP contribution in [0.5, 0.6) is 0 Å². The van der Waals surface area contributed by atoms with Gasteiger partial charge in [0, 0.05) is 173 Å². The first kappa shape index (κ1) is 71.4. The third-order valence-corrected chi connectivity index (χ3v) is 19.9. The summed E-state index contributed by atoms with van der Waals surface area (Å²) in [4.78, 5) is 39.5. The number of thiazole rings is 5. The molecule has 0 aliphatic carbocycles. The van der Waals surface area contributed by atoms with Crippen LogP contribution in [-0.4, -0.2) is 127 Å². The number of hydrogen-bond donors (Lipinski definition) is 9. The third-order valence-electron chi connectivity index (χ3n) is 10.3. The Morgan fingerprint density at radius 1 is 0.578 bits per heavy atom. The molecule has 83 heavy (non-hydrogen) atoms. The maximum atomic E-state index is 8.43. The number of nitrogens with two attached hydrogens (primary N) is 2. The second kappa shape index (κ2) is 45.2. The molecule has 3 aliphatic heterocycles. The van der Waals surface area contributed by atoms with Crippen LogP contribution >= 0.6 is 141 Å². The number of nitriles is 3. The van der Waals surface area contributed by atoms with Crippen LogP contribution in [0, 0.1) is 44.8 Å². The minimum atomic E-state index is 0.252. The molecule has 0 atom stereocenters. The molecule has 0 amide bonds. The van der Waals surface area contributed by atoms with Crippen molar-refractivity contribution in [3.05, 3.63) is 55.4 Å². The van der Waals surface area contributed by atoms with E-state index in [1.165, 1.54) is 29.8 Å². The number of methoxy groups -OCH3 is 1. The molecule has 5 aromatic rings. The van der Waals surface area contributed by atoms with Crippen LogP contribution in [0.25, 0.3) is 0 Å².